The Morgan fingerprint density at radius 2 is 1.77 bits per heavy atom. The summed E-state index contributed by atoms with van der Waals surface area (Å²) in [4.78, 5) is 2.15. The minimum Gasteiger partial charge on any atom is -0.504 e. The van der Waals surface area contributed by atoms with Gasteiger partial charge < -0.3 is 24.2 Å². The van der Waals surface area contributed by atoms with Crippen LogP contribution in [0.4, 0.5) is 5.69 Å². The predicted molar refractivity (Wildman–Crippen MR) is 121 cm³/mol. The van der Waals surface area contributed by atoms with E-state index < -0.39 is 0 Å². The Morgan fingerprint density at radius 1 is 1.00 bits per heavy atom. The van der Waals surface area contributed by atoms with Gasteiger partial charge in [-0.3, -0.25) is 0 Å². The molecule has 1 aliphatic rings. The van der Waals surface area contributed by atoms with Gasteiger partial charge in [0.25, 0.3) is 0 Å². The highest BCUT2D eigenvalue weighted by molar-refractivity contribution is 9.10. The molecule has 0 amide bonds. The number of fused-ring (bicyclic) bond motifs is 1. The number of nitrogens with zero attached hydrogens (tertiary/aromatic N) is 1. The monoisotopic (exact) mass is 468 g/mol. The summed E-state index contributed by atoms with van der Waals surface area (Å²) >= 11 is 3.72. The first-order valence-corrected chi connectivity index (χ1v) is 10.5. The number of rotatable bonds is 6. The number of aryl methyl sites for hydroxylation is 1. The molecule has 155 valence electrons. The Hall–Kier alpha value is -2.86. The summed E-state index contributed by atoms with van der Waals surface area (Å²) in [7, 11) is 3.20. The first-order chi connectivity index (χ1) is 14.6. The van der Waals surface area contributed by atoms with Gasteiger partial charge in [-0.1, -0.05) is 24.3 Å². The molecular weight excluding hydrogens is 446 g/mol. The van der Waals surface area contributed by atoms with Crippen LogP contribution in [0.2, 0.25) is 0 Å². The molecule has 5 nitrogen and oxygen atoms in total. The van der Waals surface area contributed by atoms with E-state index in [0.717, 1.165) is 39.9 Å². The number of benzene rings is 3. The second-order valence-electron chi connectivity index (χ2n) is 6.99. The number of para-hydroxylation sites is 1. The van der Waals surface area contributed by atoms with Crippen LogP contribution in [0.15, 0.2) is 59.1 Å². The second-order valence-corrected chi connectivity index (χ2v) is 7.78. The molecular formula is C24H23BrNO4. The molecule has 0 aromatic heterocycles. The van der Waals surface area contributed by atoms with Crippen molar-refractivity contribution in [2.45, 2.75) is 19.4 Å². The van der Waals surface area contributed by atoms with Crippen LogP contribution in [0.1, 0.15) is 17.5 Å². The summed E-state index contributed by atoms with van der Waals surface area (Å²) in [5, 5.41) is 10.3. The zero-order chi connectivity index (χ0) is 21.1. The number of phenols is 1. The number of anilines is 1. The van der Waals surface area contributed by atoms with Gasteiger partial charge in [0.15, 0.2) is 23.0 Å². The fraction of sp³-hybridized carbons (Fsp3) is 0.208. The van der Waals surface area contributed by atoms with E-state index in [0.29, 0.717) is 23.8 Å². The SMILES string of the molecule is COc1cc2c(cc1O)N(Cc1ccc(OC)c(Oc3ccccc3)c1Br)[CH]CC2. The lowest BCUT2D eigenvalue weighted by molar-refractivity contribution is 0.372. The molecule has 30 heavy (non-hydrogen) atoms. The zero-order valence-corrected chi connectivity index (χ0v) is 18.5. The summed E-state index contributed by atoms with van der Waals surface area (Å²) in [6, 6.07) is 17.2. The van der Waals surface area contributed by atoms with E-state index in [-0.39, 0.29) is 5.75 Å². The molecule has 0 bridgehead atoms. The van der Waals surface area contributed by atoms with Crippen molar-refractivity contribution in [3.63, 3.8) is 0 Å². The first kappa shape index (κ1) is 20.4. The number of aromatic hydroxyl groups is 1. The maximum Gasteiger partial charge on any atom is 0.183 e. The van der Waals surface area contributed by atoms with Gasteiger partial charge >= 0.3 is 0 Å². The summed E-state index contributed by atoms with van der Waals surface area (Å²) < 4.78 is 17.7. The number of hydrogen-bond donors (Lipinski definition) is 1. The standard InChI is InChI=1S/C24H23BrNO4/c1-28-21-11-10-17(23(25)24(21)30-18-8-4-3-5-9-18)15-26-12-6-7-16-13-22(29-2)20(27)14-19(16)26/h3-5,8-14,27H,6-7,15H2,1-2H3. The predicted octanol–water partition coefficient (Wildman–Crippen LogP) is 6.08. The molecule has 3 aromatic carbocycles. The molecule has 0 atom stereocenters. The molecule has 0 saturated carbocycles. The van der Waals surface area contributed by atoms with Crippen LogP contribution in [-0.4, -0.2) is 19.3 Å². The molecule has 0 spiro atoms. The van der Waals surface area contributed by atoms with Crippen LogP contribution >= 0.6 is 15.9 Å². The third-order valence-corrected chi connectivity index (χ3v) is 5.99. The van der Waals surface area contributed by atoms with Gasteiger partial charge in [0.1, 0.15) is 5.75 Å². The van der Waals surface area contributed by atoms with Gasteiger partial charge in [0.05, 0.1) is 25.2 Å². The van der Waals surface area contributed by atoms with Crippen LogP contribution in [0.3, 0.4) is 0 Å². The van der Waals surface area contributed by atoms with Crippen molar-refractivity contribution in [2.24, 2.45) is 0 Å². The van der Waals surface area contributed by atoms with Gasteiger partial charge in [0.2, 0.25) is 0 Å². The van der Waals surface area contributed by atoms with E-state index in [1.165, 1.54) is 0 Å². The van der Waals surface area contributed by atoms with E-state index in [4.69, 9.17) is 14.2 Å². The molecule has 4 rings (SSSR count). The van der Waals surface area contributed by atoms with E-state index in [1.807, 2.05) is 48.5 Å². The Morgan fingerprint density at radius 3 is 2.50 bits per heavy atom. The van der Waals surface area contributed by atoms with Crippen LogP contribution in [0.5, 0.6) is 28.7 Å². The van der Waals surface area contributed by atoms with Crippen molar-refractivity contribution in [3.8, 4) is 28.7 Å². The minimum absolute atomic E-state index is 0.137. The average molecular weight is 469 g/mol. The molecule has 1 heterocycles. The Labute approximate surface area is 184 Å². The van der Waals surface area contributed by atoms with Gasteiger partial charge in [-0.15, -0.1) is 0 Å². The lowest BCUT2D eigenvalue weighted by Crippen LogP contribution is -2.25. The van der Waals surface area contributed by atoms with Crippen molar-refractivity contribution in [1.82, 2.24) is 0 Å². The smallest absolute Gasteiger partial charge is 0.183 e. The highest BCUT2D eigenvalue weighted by atomic mass is 79.9. The molecule has 0 unspecified atom stereocenters. The van der Waals surface area contributed by atoms with E-state index in [9.17, 15) is 5.11 Å². The van der Waals surface area contributed by atoms with Gasteiger partial charge in [-0.25, -0.2) is 0 Å². The third kappa shape index (κ3) is 4.05. The highest BCUT2D eigenvalue weighted by Crippen LogP contribution is 2.43. The zero-order valence-electron chi connectivity index (χ0n) is 16.9. The molecule has 0 saturated heterocycles. The number of ether oxygens (including phenoxy) is 3. The van der Waals surface area contributed by atoms with Gasteiger partial charge in [-0.2, -0.15) is 0 Å². The molecule has 1 radical (unpaired) electrons. The van der Waals surface area contributed by atoms with Crippen molar-refractivity contribution < 1.29 is 19.3 Å². The van der Waals surface area contributed by atoms with Crippen LogP contribution in [-0.2, 0) is 13.0 Å². The largest absolute Gasteiger partial charge is 0.504 e. The molecule has 3 aromatic rings. The fourth-order valence-corrected chi connectivity index (χ4v) is 4.14. The van der Waals surface area contributed by atoms with E-state index >= 15 is 0 Å². The van der Waals surface area contributed by atoms with Crippen molar-refractivity contribution >= 4 is 21.6 Å². The number of phenolic OH excluding ortho intramolecular Hbond substituents is 1. The maximum absolute atomic E-state index is 10.3. The summed E-state index contributed by atoms with van der Waals surface area (Å²) in [6.07, 6.45) is 1.83. The molecule has 6 heteroatoms. The van der Waals surface area contributed by atoms with Crippen molar-refractivity contribution in [2.75, 3.05) is 19.1 Å². The number of halogens is 1. The molecule has 0 aliphatic carbocycles. The molecule has 0 fully saturated rings. The number of methoxy groups -OCH3 is 2. The van der Waals surface area contributed by atoms with Crippen molar-refractivity contribution in [3.05, 3.63) is 76.7 Å². The van der Waals surface area contributed by atoms with E-state index in [2.05, 4.69) is 27.4 Å². The molecule has 1 N–H and O–H groups in total. The van der Waals surface area contributed by atoms with Crippen LogP contribution < -0.4 is 19.1 Å². The molecule has 1 aliphatic heterocycles. The Balaban J connectivity index is 1.66. The lowest BCUT2D eigenvalue weighted by Gasteiger charge is -2.32. The minimum atomic E-state index is 0.137. The summed E-state index contributed by atoms with van der Waals surface area (Å²) in [5.74, 6) is 2.66. The van der Waals surface area contributed by atoms with Gasteiger partial charge in [-0.05, 0) is 64.2 Å². The first-order valence-electron chi connectivity index (χ1n) is 9.69. The quantitative estimate of drug-likeness (QED) is 0.474. The van der Waals surface area contributed by atoms with E-state index in [1.54, 1.807) is 20.3 Å². The van der Waals surface area contributed by atoms with Crippen molar-refractivity contribution in [1.29, 1.82) is 0 Å². The maximum atomic E-state index is 10.3. The number of hydrogen-bond acceptors (Lipinski definition) is 5. The second kappa shape index (κ2) is 8.88. The fourth-order valence-electron chi connectivity index (χ4n) is 3.60. The van der Waals surface area contributed by atoms with Gasteiger partial charge in [0, 0.05) is 18.3 Å². The Bertz CT molecular complexity index is 1040. The highest BCUT2D eigenvalue weighted by Gasteiger charge is 2.23. The third-order valence-electron chi connectivity index (χ3n) is 5.12. The van der Waals surface area contributed by atoms with Crippen LogP contribution in [0, 0.1) is 6.54 Å². The Kier molecular flexibility index (Phi) is 6.04. The topological polar surface area (TPSA) is 51.2 Å². The average Bonchev–Trinajstić information content (AvgIpc) is 2.77. The van der Waals surface area contributed by atoms with Crippen LogP contribution in [0.25, 0.3) is 0 Å². The summed E-state index contributed by atoms with van der Waals surface area (Å²) in [5.41, 5.74) is 3.17. The lowest BCUT2D eigenvalue weighted by atomic mass is 10.00. The summed E-state index contributed by atoms with van der Waals surface area (Å²) in [6.45, 7) is 2.77. The normalized spacial score (nSPS) is 13.0.